The van der Waals surface area contributed by atoms with Gasteiger partial charge in [-0.3, -0.25) is 4.68 Å². The molecule has 0 aliphatic carbocycles. The summed E-state index contributed by atoms with van der Waals surface area (Å²) in [6.45, 7) is 1.91. The first-order valence-corrected chi connectivity index (χ1v) is 5.98. The van der Waals surface area contributed by atoms with Gasteiger partial charge in [0.05, 0.1) is 17.3 Å². The highest BCUT2D eigenvalue weighted by Crippen LogP contribution is 2.18. The number of nitriles is 1. The zero-order valence-electron chi connectivity index (χ0n) is 11.0. The molecule has 1 aromatic carbocycles. The molecule has 7 nitrogen and oxygen atoms in total. The lowest BCUT2D eigenvalue weighted by Gasteiger charge is -2.04. The Labute approximate surface area is 115 Å². The van der Waals surface area contributed by atoms with Crippen molar-refractivity contribution in [3.8, 4) is 23.1 Å². The van der Waals surface area contributed by atoms with E-state index in [4.69, 9.17) is 0 Å². The second-order valence-electron chi connectivity index (χ2n) is 4.39. The van der Waals surface area contributed by atoms with Gasteiger partial charge in [0.25, 0.3) is 0 Å². The van der Waals surface area contributed by atoms with Crippen molar-refractivity contribution >= 4 is 0 Å². The number of nitrogens with zero attached hydrogens (tertiary/aromatic N) is 7. The van der Waals surface area contributed by atoms with Gasteiger partial charge in [0, 0.05) is 13.2 Å². The topological polar surface area (TPSA) is 85.2 Å². The monoisotopic (exact) mass is 265 g/mol. The lowest BCUT2D eigenvalue weighted by molar-refractivity contribution is 0.714. The zero-order valence-corrected chi connectivity index (χ0v) is 11.0. The summed E-state index contributed by atoms with van der Waals surface area (Å²) in [6, 6.07) is 7.61. The van der Waals surface area contributed by atoms with Crippen LogP contribution in [0.4, 0.5) is 0 Å². The van der Waals surface area contributed by atoms with Crippen LogP contribution in [0.2, 0.25) is 0 Å². The van der Waals surface area contributed by atoms with Crippen LogP contribution in [-0.4, -0.2) is 30.0 Å². The van der Waals surface area contributed by atoms with Gasteiger partial charge >= 0.3 is 0 Å². The van der Waals surface area contributed by atoms with Gasteiger partial charge in [-0.25, -0.2) is 0 Å². The van der Waals surface area contributed by atoms with Gasteiger partial charge in [-0.15, -0.1) is 15.0 Å². The summed E-state index contributed by atoms with van der Waals surface area (Å²) in [5.41, 5.74) is 2.86. The summed E-state index contributed by atoms with van der Waals surface area (Å²) >= 11 is 0. The number of rotatable bonds is 2. The Hall–Kier alpha value is -3.01. The molecule has 3 rings (SSSR count). The lowest BCUT2D eigenvalue weighted by Crippen LogP contribution is -2.04. The molecule has 0 saturated carbocycles. The Bertz CT molecular complexity index is 806. The fourth-order valence-corrected chi connectivity index (χ4v) is 1.98. The number of aromatic nitrogens is 6. The van der Waals surface area contributed by atoms with Crippen molar-refractivity contribution in [1.82, 2.24) is 30.0 Å². The van der Waals surface area contributed by atoms with Crippen molar-refractivity contribution in [2.75, 3.05) is 0 Å². The molecule has 0 unspecified atom stereocenters. The third-order valence-electron chi connectivity index (χ3n) is 2.93. The van der Waals surface area contributed by atoms with Crippen LogP contribution in [0.25, 0.3) is 17.1 Å². The quantitative estimate of drug-likeness (QED) is 0.696. The average molecular weight is 265 g/mol. The Morgan fingerprint density at radius 3 is 2.85 bits per heavy atom. The number of para-hydroxylation sites is 1. The van der Waals surface area contributed by atoms with Crippen LogP contribution in [0, 0.1) is 18.3 Å². The maximum absolute atomic E-state index is 9.18. The van der Waals surface area contributed by atoms with Crippen molar-refractivity contribution < 1.29 is 0 Å². The number of hydrogen-bond donors (Lipinski definition) is 0. The van der Waals surface area contributed by atoms with Crippen molar-refractivity contribution in [2.45, 2.75) is 6.92 Å². The Morgan fingerprint density at radius 2 is 2.15 bits per heavy atom. The van der Waals surface area contributed by atoms with E-state index in [1.165, 1.54) is 4.80 Å². The molecule has 0 radical (unpaired) electrons. The summed E-state index contributed by atoms with van der Waals surface area (Å²) < 4.78 is 1.67. The minimum absolute atomic E-state index is 0.477. The van der Waals surface area contributed by atoms with Crippen molar-refractivity contribution in [2.24, 2.45) is 7.05 Å². The number of benzene rings is 1. The Kier molecular flexibility index (Phi) is 2.76. The number of tetrazole rings is 1. The zero-order chi connectivity index (χ0) is 14.1. The fourth-order valence-electron chi connectivity index (χ4n) is 1.98. The molecule has 0 amide bonds. The van der Waals surface area contributed by atoms with E-state index in [1.54, 1.807) is 16.9 Å². The Balaban J connectivity index is 2.10. The van der Waals surface area contributed by atoms with Crippen LogP contribution >= 0.6 is 0 Å². The maximum Gasteiger partial charge on any atom is 0.208 e. The van der Waals surface area contributed by atoms with Crippen molar-refractivity contribution in [3.05, 3.63) is 41.7 Å². The summed E-state index contributed by atoms with van der Waals surface area (Å²) in [4.78, 5) is 1.39. The molecule has 0 spiro atoms. The van der Waals surface area contributed by atoms with Crippen LogP contribution in [0.5, 0.6) is 0 Å². The molecule has 0 fully saturated rings. The normalized spacial score (nSPS) is 10.4. The smallest absolute Gasteiger partial charge is 0.208 e. The van der Waals surface area contributed by atoms with Crippen LogP contribution < -0.4 is 0 Å². The lowest BCUT2D eigenvalue weighted by atomic mass is 10.1. The first kappa shape index (κ1) is 12.0. The van der Waals surface area contributed by atoms with Gasteiger partial charge in [-0.2, -0.15) is 10.4 Å². The van der Waals surface area contributed by atoms with Crippen LogP contribution in [-0.2, 0) is 7.05 Å². The first-order valence-electron chi connectivity index (χ1n) is 5.98. The van der Waals surface area contributed by atoms with Crippen molar-refractivity contribution in [1.29, 1.82) is 5.26 Å². The highest BCUT2D eigenvalue weighted by atomic mass is 15.6. The number of hydrogen-bond acceptors (Lipinski definition) is 5. The van der Waals surface area contributed by atoms with E-state index < -0.39 is 0 Å². The molecule has 2 aromatic heterocycles. The fraction of sp³-hybridized carbons (Fsp3) is 0.154. The van der Waals surface area contributed by atoms with E-state index in [2.05, 4.69) is 26.6 Å². The maximum atomic E-state index is 9.18. The predicted molar refractivity (Wildman–Crippen MR) is 70.8 cm³/mol. The van der Waals surface area contributed by atoms with Crippen LogP contribution in [0.15, 0.2) is 30.6 Å². The summed E-state index contributed by atoms with van der Waals surface area (Å²) in [7, 11) is 1.82. The molecule has 0 saturated heterocycles. The SMILES string of the molecule is Cc1cccc(C#N)c1-n1nnc(-c2cnn(C)c2)n1. The third kappa shape index (κ3) is 1.93. The van der Waals surface area contributed by atoms with E-state index in [1.807, 2.05) is 32.3 Å². The molecule has 20 heavy (non-hydrogen) atoms. The molecule has 0 N–H and O–H groups in total. The molecule has 98 valence electrons. The second kappa shape index (κ2) is 4.59. The van der Waals surface area contributed by atoms with Crippen molar-refractivity contribution in [3.63, 3.8) is 0 Å². The van der Waals surface area contributed by atoms with Crippen LogP contribution in [0.1, 0.15) is 11.1 Å². The molecular formula is C13H11N7. The Morgan fingerprint density at radius 1 is 1.30 bits per heavy atom. The summed E-state index contributed by atoms with van der Waals surface area (Å²) in [5.74, 6) is 0.477. The number of aryl methyl sites for hydroxylation is 2. The summed E-state index contributed by atoms with van der Waals surface area (Å²) in [6.07, 6.45) is 3.48. The van der Waals surface area contributed by atoms with Gasteiger partial charge in [0.1, 0.15) is 11.8 Å². The molecule has 7 heteroatoms. The van der Waals surface area contributed by atoms with Gasteiger partial charge in [0.2, 0.25) is 5.82 Å². The van der Waals surface area contributed by atoms with E-state index >= 15 is 0 Å². The molecule has 0 aliphatic rings. The minimum Gasteiger partial charge on any atom is -0.275 e. The molecule has 0 bridgehead atoms. The standard InChI is InChI=1S/C13H11N7/c1-9-4-3-5-10(6-14)12(9)20-17-13(16-18-20)11-7-15-19(2)8-11/h3-5,7-8H,1-2H3. The van der Waals surface area contributed by atoms with Gasteiger partial charge < -0.3 is 0 Å². The van der Waals surface area contributed by atoms with Crippen LogP contribution in [0.3, 0.4) is 0 Å². The van der Waals surface area contributed by atoms with E-state index in [0.29, 0.717) is 17.1 Å². The van der Waals surface area contributed by atoms with Gasteiger partial charge in [-0.05, 0) is 23.8 Å². The highest BCUT2D eigenvalue weighted by molar-refractivity contribution is 5.54. The minimum atomic E-state index is 0.477. The first-order chi connectivity index (χ1) is 9.69. The molecular weight excluding hydrogens is 254 g/mol. The molecule has 0 aliphatic heterocycles. The highest BCUT2D eigenvalue weighted by Gasteiger charge is 2.13. The van der Waals surface area contributed by atoms with Gasteiger partial charge in [0.15, 0.2) is 0 Å². The second-order valence-corrected chi connectivity index (χ2v) is 4.39. The van der Waals surface area contributed by atoms with E-state index in [0.717, 1.165) is 11.1 Å². The van der Waals surface area contributed by atoms with E-state index in [9.17, 15) is 5.26 Å². The average Bonchev–Trinajstić information content (AvgIpc) is 3.07. The molecule has 3 aromatic rings. The van der Waals surface area contributed by atoms with Gasteiger partial charge in [-0.1, -0.05) is 12.1 Å². The molecule has 2 heterocycles. The predicted octanol–water partition coefficient (Wildman–Crippen LogP) is 1.24. The third-order valence-corrected chi connectivity index (χ3v) is 2.93. The largest absolute Gasteiger partial charge is 0.275 e. The summed E-state index contributed by atoms with van der Waals surface area (Å²) in [5, 5.41) is 25.6. The van der Waals surface area contributed by atoms with E-state index in [-0.39, 0.29) is 0 Å². The molecule has 0 atom stereocenters.